The van der Waals surface area contributed by atoms with E-state index < -0.39 is 35.6 Å². The number of fused-ring (bicyclic) bond motifs is 1. The number of imide groups is 1. The van der Waals surface area contributed by atoms with E-state index >= 15 is 0 Å². The molecule has 2 atom stereocenters. The molecule has 2 aliphatic heterocycles. The number of benzene rings is 1. The van der Waals surface area contributed by atoms with Crippen LogP contribution in [0.15, 0.2) is 18.2 Å². The first kappa shape index (κ1) is 25.8. The van der Waals surface area contributed by atoms with Gasteiger partial charge in [0.1, 0.15) is 30.6 Å². The lowest BCUT2D eigenvalue weighted by molar-refractivity contribution is -0.137. The number of carbonyl (C=O) groups is 6. The Morgan fingerprint density at radius 1 is 1.26 bits per heavy atom. The second kappa shape index (κ2) is 10.6. The van der Waals surface area contributed by atoms with Crippen LogP contribution in [0.4, 0.5) is 10.5 Å². The van der Waals surface area contributed by atoms with E-state index in [-0.39, 0.29) is 44.4 Å². The number of alkyl carbamates (subject to hydrolysis) is 1. The number of carbonyl (C=O) groups excluding carboxylic acids is 6. The fraction of sp³-hybridized carbons (Fsp3) is 0.478. The molecule has 12 nitrogen and oxygen atoms in total. The number of hydrogen-bond acceptors (Lipinski definition) is 8. The molecule has 0 saturated carbocycles. The Labute approximate surface area is 201 Å². The number of anilines is 1. The lowest BCUT2D eigenvalue weighted by Gasteiger charge is -2.29. The monoisotopic (exact) mass is 488 g/mol. The number of nitrogens with zero attached hydrogens (tertiary/aromatic N) is 1. The van der Waals surface area contributed by atoms with Gasteiger partial charge in [0.05, 0.1) is 6.61 Å². The molecule has 1 fully saturated rings. The summed E-state index contributed by atoms with van der Waals surface area (Å²) in [5.41, 5.74) is 0.346. The van der Waals surface area contributed by atoms with E-state index in [1.165, 1.54) is 4.90 Å². The van der Waals surface area contributed by atoms with Crippen molar-refractivity contribution in [3.63, 3.8) is 0 Å². The highest BCUT2D eigenvalue weighted by Gasteiger charge is 2.40. The van der Waals surface area contributed by atoms with Crippen LogP contribution in [0.25, 0.3) is 0 Å². The van der Waals surface area contributed by atoms with Crippen LogP contribution < -0.4 is 16.0 Å². The van der Waals surface area contributed by atoms with Gasteiger partial charge in [-0.05, 0) is 39.3 Å². The van der Waals surface area contributed by atoms with Crippen molar-refractivity contribution in [2.24, 2.45) is 0 Å². The molecule has 0 bridgehead atoms. The summed E-state index contributed by atoms with van der Waals surface area (Å²) in [6.07, 6.45) is 0.00713. The molecule has 35 heavy (non-hydrogen) atoms. The summed E-state index contributed by atoms with van der Waals surface area (Å²) in [6.45, 7) is 4.51. The van der Waals surface area contributed by atoms with E-state index in [2.05, 4.69) is 16.0 Å². The molecule has 12 heteroatoms. The number of piperidine rings is 1. The zero-order chi connectivity index (χ0) is 25.8. The number of hydrogen-bond donors (Lipinski definition) is 3. The normalized spacial score (nSPS) is 18.4. The first-order chi connectivity index (χ1) is 16.5. The fourth-order valence-electron chi connectivity index (χ4n) is 3.79. The van der Waals surface area contributed by atoms with E-state index in [0.29, 0.717) is 23.1 Å². The molecule has 5 amide bonds. The first-order valence-corrected chi connectivity index (χ1v) is 11.1. The van der Waals surface area contributed by atoms with E-state index in [4.69, 9.17) is 9.47 Å². The third-order valence-electron chi connectivity index (χ3n) is 5.32. The summed E-state index contributed by atoms with van der Waals surface area (Å²) in [7, 11) is 0. The van der Waals surface area contributed by atoms with Crippen molar-refractivity contribution in [1.29, 1.82) is 0 Å². The predicted molar refractivity (Wildman–Crippen MR) is 121 cm³/mol. The molecule has 0 aliphatic carbocycles. The van der Waals surface area contributed by atoms with Crippen LogP contribution in [0, 0.1) is 0 Å². The largest absolute Gasteiger partial charge is 0.444 e. The quantitative estimate of drug-likeness (QED) is 0.271. The maximum Gasteiger partial charge on any atom is 0.408 e. The SMILES string of the molecule is CC(C)(C)OC(=O)N[C@H](COCC=O)C(=O)Nc1cccc2c1CN(C1CCC(=O)NC1=O)C2=O. The number of aldehydes is 1. The third kappa shape index (κ3) is 6.41. The Balaban J connectivity index is 1.76. The number of ether oxygens (including phenoxy) is 2. The van der Waals surface area contributed by atoms with Gasteiger partial charge in [0.2, 0.25) is 17.7 Å². The van der Waals surface area contributed by atoms with Crippen LogP contribution in [0.2, 0.25) is 0 Å². The number of nitrogens with one attached hydrogen (secondary N) is 3. The molecular formula is C23H28N4O8. The molecule has 3 rings (SSSR count). The molecule has 0 radical (unpaired) electrons. The standard InChI is InChI=1S/C23H28N4O8/c1-23(2,3)35-22(33)25-16(12-34-10-9-28)19(30)24-15-6-4-5-13-14(15)11-27(21(13)32)17-7-8-18(29)26-20(17)31/h4-6,9,16-17H,7-8,10-12H2,1-3H3,(H,24,30)(H,25,33)(H,26,29,31)/t16-,17?/m1/s1. The Bertz CT molecular complexity index is 1050. The second-order valence-electron chi connectivity index (χ2n) is 9.12. The second-order valence-corrected chi connectivity index (χ2v) is 9.12. The van der Waals surface area contributed by atoms with Gasteiger partial charge in [0.15, 0.2) is 0 Å². The van der Waals surface area contributed by atoms with E-state index in [0.717, 1.165) is 0 Å². The van der Waals surface area contributed by atoms with Crippen molar-refractivity contribution >= 4 is 41.7 Å². The minimum absolute atomic E-state index is 0.0582. The smallest absolute Gasteiger partial charge is 0.408 e. The van der Waals surface area contributed by atoms with Crippen LogP contribution in [0.1, 0.15) is 49.5 Å². The Morgan fingerprint density at radius 3 is 2.66 bits per heavy atom. The van der Waals surface area contributed by atoms with Crippen LogP contribution >= 0.6 is 0 Å². The Morgan fingerprint density at radius 2 is 2.00 bits per heavy atom. The van der Waals surface area contributed by atoms with E-state index in [9.17, 15) is 28.8 Å². The average Bonchev–Trinajstić information content (AvgIpc) is 3.09. The lowest BCUT2D eigenvalue weighted by atomic mass is 10.0. The fourth-order valence-corrected chi connectivity index (χ4v) is 3.79. The topological polar surface area (TPSA) is 160 Å². The summed E-state index contributed by atoms with van der Waals surface area (Å²) in [4.78, 5) is 73.9. The molecule has 188 valence electrons. The van der Waals surface area contributed by atoms with Crippen molar-refractivity contribution in [1.82, 2.24) is 15.5 Å². The minimum atomic E-state index is -1.19. The van der Waals surface area contributed by atoms with Gasteiger partial charge in [-0.15, -0.1) is 0 Å². The summed E-state index contributed by atoms with van der Waals surface area (Å²) in [5, 5.41) is 7.35. The molecule has 1 unspecified atom stereocenters. The van der Waals surface area contributed by atoms with Crippen molar-refractivity contribution in [3.05, 3.63) is 29.3 Å². The van der Waals surface area contributed by atoms with E-state index in [1.54, 1.807) is 39.0 Å². The molecule has 2 heterocycles. The van der Waals surface area contributed by atoms with Gasteiger partial charge >= 0.3 is 6.09 Å². The highest BCUT2D eigenvalue weighted by molar-refractivity contribution is 6.07. The molecule has 1 aromatic rings. The summed E-state index contributed by atoms with van der Waals surface area (Å²) < 4.78 is 10.3. The van der Waals surface area contributed by atoms with Crippen LogP contribution in [0.5, 0.6) is 0 Å². The Hall–Kier alpha value is -3.80. The van der Waals surface area contributed by atoms with Crippen molar-refractivity contribution in [3.8, 4) is 0 Å². The van der Waals surface area contributed by atoms with Crippen molar-refractivity contribution < 1.29 is 38.2 Å². The first-order valence-electron chi connectivity index (χ1n) is 11.1. The van der Waals surface area contributed by atoms with Crippen LogP contribution in [-0.4, -0.2) is 71.8 Å². The third-order valence-corrected chi connectivity index (χ3v) is 5.32. The van der Waals surface area contributed by atoms with Crippen molar-refractivity contribution in [2.75, 3.05) is 18.5 Å². The maximum absolute atomic E-state index is 13.0. The Kier molecular flexibility index (Phi) is 7.85. The predicted octanol–water partition coefficient (Wildman–Crippen LogP) is 0.495. The van der Waals surface area contributed by atoms with Gasteiger partial charge in [-0.3, -0.25) is 24.5 Å². The number of rotatable bonds is 8. The lowest BCUT2D eigenvalue weighted by Crippen LogP contribution is -2.52. The highest BCUT2D eigenvalue weighted by atomic mass is 16.6. The summed E-state index contributed by atoms with van der Waals surface area (Å²) in [6, 6.07) is 2.77. The maximum atomic E-state index is 13.0. The molecule has 0 spiro atoms. The van der Waals surface area contributed by atoms with Gasteiger partial charge < -0.3 is 29.8 Å². The molecule has 1 aromatic carbocycles. The van der Waals surface area contributed by atoms with Gasteiger partial charge in [0.25, 0.3) is 5.91 Å². The molecule has 3 N–H and O–H groups in total. The molecule has 2 aliphatic rings. The highest BCUT2D eigenvalue weighted by Crippen LogP contribution is 2.32. The molecule has 0 aromatic heterocycles. The van der Waals surface area contributed by atoms with Gasteiger partial charge in [-0.25, -0.2) is 4.79 Å². The summed E-state index contributed by atoms with van der Waals surface area (Å²) in [5.74, 6) is -1.96. The molecular weight excluding hydrogens is 460 g/mol. The minimum Gasteiger partial charge on any atom is -0.444 e. The van der Waals surface area contributed by atoms with Crippen LogP contribution in [-0.2, 0) is 35.2 Å². The number of amides is 5. The average molecular weight is 488 g/mol. The van der Waals surface area contributed by atoms with Gasteiger partial charge in [-0.2, -0.15) is 0 Å². The van der Waals surface area contributed by atoms with Gasteiger partial charge in [0, 0.05) is 29.8 Å². The molecule has 1 saturated heterocycles. The van der Waals surface area contributed by atoms with Crippen molar-refractivity contribution in [2.45, 2.75) is 57.8 Å². The van der Waals surface area contributed by atoms with Crippen LogP contribution in [0.3, 0.4) is 0 Å². The van der Waals surface area contributed by atoms with E-state index in [1.807, 2.05) is 0 Å². The summed E-state index contributed by atoms with van der Waals surface area (Å²) >= 11 is 0. The zero-order valence-electron chi connectivity index (χ0n) is 19.7. The zero-order valence-corrected chi connectivity index (χ0v) is 19.7. The van der Waals surface area contributed by atoms with Gasteiger partial charge in [-0.1, -0.05) is 6.07 Å².